The summed E-state index contributed by atoms with van der Waals surface area (Å²) in [4.78, 5) is 7.91. The van der Waals surface area contributed by atoms with Crippen molar-refractivity contribution in [3.05, 3.63) is 17.0 Å². The summed E-state index contributed by atoms with van der Waals surface area (Å²) < 4.78 is 5.71. The molecule has 16 heavy (non-hydrogen) atoms. The molecule has 0 aromatic carbocycles. The summed E-state index contributed by atoms with van der Waals surface area (Å²) >= 11 is 3.32. The minimum atomic E-state index is -0.819. The lowest BCUT2D eigenvalue weighted by molar-refractivity contribution is 0.0357. The zero-order valence-electron chi connectivity index (χ0n) is 9.40. The van der Waals surface area contributed by atoms with Crippen LogP contribution in [0.3, 0.4) is 0 Å². The van der Waals surface area contributed by atoms with Crippen LogP contribution >= 0.6 is 15.9 Å². The molecule has 0 amide bonds. The summed E-state index contributed by atoms with van der Waals surface area (Å²) in [6, 6.07) is 0. The van der Waals surface area contributed by atoms with E-state index in [1.165, 1.54) is 6.33 Å². The highest BCUT2D eigenvalue weighted by atomic mass is 79.9. The molecular formula is C10H16BrN3O2. The molecule has 0 aliphatic rings. The summed E-state index contributed by atoms with van der Waals surface area (Å²) in [6.45, 7) is 2.69. The van der Waals surface area contributed by atoms with E-state index in [2.05, 4.69) is 31.2 Å². The second kappa shape index (κ2) is 6.12. The Kier molecular flexibility index (Phi) is 5.11. The SMILES string of the molecule is COCCC(C)(O)CNc1ncncc1Br. The van der Waals surface area contributed by atoms with Crippen molar-refractivity contribution < 1.29 is 9.84 Å². The monoisotopic (exact) mass is 289 g/mol. The van der Waals surface area contributed by atoms with Gasteiger partial charge in [0, 0.05) is 32.9 Å². The first-order valence-corrected chi connectivity index (χ1v) is 5.75. The Hall–Kier alpha value is -0.720. The molecule has 0 fully saturated rings. The largest absolute Gasteiger partial charge is 0.388 e. The van der Waals surface area contributed by atoms with Crippen LogP contribution in [0.4, 0.5) is 5.82 Å². The fraction of sp³-hybridized carbons (Fsp3) is 0.600. The minimum Gasteiger partial charge on any atom is -0.388 e. The Morgan fingerprint density at radius 3 is 3.00 bits per heavy atom. The molecule has 0 aliphatic carbocycles. The number of anilines is 1. The molecule has 1 aromatic rings. The quantitative estimate of drug-likeness (QED) is 0.830. The summed E-state index contributed by atoms with van der Waals surface area (Å²) in [7, 11) is 1.62. The van der Waals surface area contributed by atoms with Gasteiger partial charge in [0.1, 0.15) is 12.1 Å². The molecule has 0 saturated carbocycles. The van der Waals surface area contributed by atoms with E-state index in [-0.39, 0.29) is 0 Å². The minimum absolute atomic E-state index is 0.409. The van der Waals surface area contributed by atoms with E-state index in [0.29, 0.717) is 25.4 Å². The summed E-state index contributed by atoms with van der Waals surface area (Å²) in [5, 5.41) is 13.1. The standard InChI is InChI=1S/C10H16BrN3O2/c1-10(15,3-4-16-2)6-13-9-8(11)5-12-7-14-9/h5,7,15H,3-4,6H2,1-2H3,(H,12,13,14). The van der Waals surface area contributed by atoms with Crippen molar-refractivity contribution in [1.82, 2.24) is 9.97 Å². The van der Waals surface area contributed by atoms with Gasteiger partial charge in [-0.15, -0.1) is 0 Å². The lowest BCUT2D eigenvalue weighted by Crippen LogP contribution is -2.34. The number of nitrogens with one attached hydrogen (secondary N) is 1. The van der Waals surface area contributed by atoms with Gasteiger partial charge in [0.25, 0.3) is 0 Å². The van der Waals surface area contributed by atoms with Gasteiger partial charge in [-0.3, -0.25) is 0 Å². The Morgan fingerprint density at radius 1 is 1.62 bits per heavy atom. The van der Waals surface area contributed by atoms with Crippen molar-refractivity contribution in [1.29, 1.82) is 0 Å². The molecule has 2 N–H and O–H groups in total. The topological polar surface area (TPSA) is 67.3 Å². The first-order valence-electron chi connectivity index (χ1n) is 4.96. The number of hydrogen-bond donors (Lipinski definition) is 2. The van der Waals surface area contributed by atoms with Gasteiger partial charge in [-0.1, -0.05) is 0 Å². The van der Waals surface area contributed by atoms with E-state index in [9.17, 15) is 5.11 Å². The van der Waals surface area contributed by atoms with Crippen LogP contribution in [0.1, 0.15) is 13.3 Å². The van der Waals surface area contributed by atoms with E-state index >= 15 is 0 Å². The molecule has 6 heteroatoms. The normalized spacial score (nSPS) is 14.5. The van der Waals surface area contributed by atoms with Gasteiger partial charge < -0.3 is 15.2 Å². The molecule has 1 rings (SSSR count). The third kappa shape index (κ3) is 4.42. The van der Waals surface area contributed by atoms with Crippen molar-refractivity contribution in [3.63, 3.8) is 0 Å². The molecule has 1 aromatic heterocycles. The zero-order chi connectivity index (χ0) is 12.0. The maximum Gasteiger partial charge on any atom is 0.143 e. The molecule has 0 aliphatic heterocycles. The van der Waals surface area contributed by atoms with Gasteiger partial charge >= 0.3 is 0 Å². The van der Waals surface area contributed by atoms with Crippen LogP contribution in [-0.2, 0) is 4.74 Å². The Balaban J connectivity index is 2.47. The number of methoxy groups -OCH3 is 1. The fourth-order valence-corrected chi connectivity index (χ4v) is 1.49. The molecule has 0 spiro atoms. The highest BCUT2D eigenvalue weighted by Gasteiger charge is 2.20. The van der Waals surface area contributed by atoms with Crippen LogP contribution in [0.25, 0.3) is 0 Å². The third-order valence-electron chi connectivity index (χ3n) is 2.15. The molecule has 0 saturated heterocycles. The predicted molar refractivity (Wildman–Crippen MR) is 65.3 cm³/mol. The number of rotatable bonds is 6. The third-order valence-corrected chi connectivity index (χ3v) is 2.73. The van der Waals surface area contributed by atoms with E-state index in [1.54, 1.807) is 20.2 Å². The first kappa shape index (κ1) is 13.3. The Labute approximate surface area is 103 Å². The molecule has 1 heterocycles. The lowest BCUT2D eigenvalue weighted by Gasteiger charge is -2.23. The van der Waals surface area contributed by atoms with Gasteiger partial charge in [-0.05, 0) is 22.9 Å². The second-order valence-electron chi connectivity index (χ2n) is 3.81. The maximum atomic E-state index is 10.00. The molecule has 90 valence electrons. The molecule has 1 unspecified atom stereocenters. The van der Waals surface area contributed by atoms with Crippen LogP contribution in [0.5, 0.6) is 0 Å². The van der Waals surface area contributed by atoms with Crippen LogP contribution in [0.15, 0.2) is 17.0 Å². The molecule has 5 nitrogen and oxygen atoms in total. The average molecular weight is 290 g/mol. The van der Waals surface area contributed by atoms with Gasteiger partial charge in [0.2, 0.25) is 0 Å². The Morgan fingerprint density at radius 2 is 2.38 bits per heavy atom. The maximum absolute atomic E-state index is 10.00. The summed E-state index contributed by atoms with van der Waals surface area (Å²) in [5.41, 5.74) is -0.819. The van der Waals surface area contributed by atoms with Crippen molar-refractivity contribution in [2.75, 3.05) is 25.6 Å². The van der Waals surface area contributed by atoms with Crippen molar-refractivity contribution in [3.8, 4) is 0 Å². The van der Waals surface area contributed by atoms with Gasteiger partial charge in [-0.25, -0.2) is 9.97 Å². The van der Waals surface area contributed by atoms with Crippen molar-refractivity contribution >= 4 is 21.7 Å². The number of halogens is 1. The predicted octanol–water partition coefficient (Wildman–Crippen LogP) is 1.44. The number of hydrogen-bond acceptors (Lipinski definition) is 5. The van der Waals surface area contributed by atoms with E-state index in [4.69, 9.17) is 4.74 Å². The van der Waals surface area contributed by atoms with Crippen LogP contribution in [-0.4, -0.2) is 40.9 Å². The van der Waals surface area contributed by atoms with E-state index < -0.39 is 5.60 Å². The molecule has 0 radical (unpaired) electrons. The Bertz CT molecular complexity index is 334. The lowest BCUT2D eigenvalue weighted by atomic mass is 10.0. The molecule has 1 atom stereocenters. The highest BCUT2D eigenvalue weighted by Crippen LogP contribution is 2.18. The number of aromatic nitrogens is 2. The first-order chi connectivity index (χ1) is 7.55. The average Bonchev–Trinajstić information content (AvgIpc) is 2.26. The zero-order valence-corrected chi connectivity index (χ0v) is 11.0. The van der Waals surface area contributed by atoms with Gasteiger partial charge in [-0.2, -0.15) is 0 Å². The van der Waals surface area contributed by atoms with Crippen LogP contribution in [0.2, 0.25) is 0 Å². The summed E-state index contributed by atoms with van der Waals surface area (Å²) in [6.07, 6.45) is 3.68. The van der Waals surface area contributed by atoms with Gasteiger partial charge in [0.05, 0.1) is 10.1 Å². The summed E-state index contributed by atoms with van der Waals surface area (Å²) in [5.74, 6) is 0.674. The van der Waals surface area contributed by atoms with Crippen LogP contribution < -0.4 is 5.32 Å². The second-order valence-corrected chi connectivity index (χ2v) is 4.67. The van der Waals surface area contributed by atoms with Gasteiger partial charge in [0.15, 0.2) is 0 Å². The number of aliphatic hydroxyl groups is 1. The highest BCUT2D eigenvalue weighted by molar-refractivity contribution is 9.10. The van der Waals surface area contributed by atoms with Crippen LogP contribution in [0, 0.1) is 0 Å². The van der Waals surface area contributed by atoms with Crippen molar-refractivity contribution in [2.24, 2.45) is 0 Å². The number of ether oxygens (including phenoxy) is 1. The molecule has 0 bridgehead atoms. The fourth-order valence-electron chi connectivity index (χ4n) is 1.13. The molecular weight excluding hydrogens is 274 g/mol. The number of nitrogens with zero attached hydrogens (tertiary/aromatic N) is 2. The van der Waals surface area contributed by atoms with Crippen molar-refractivity contribution in [2.45, 2.75) is 18.9 Å². The van der Waals surface area contributed by atoms with E-state index in [0.717, 1.165) is 4.47 Å². The smallest absolute Gasteiger partial charge is 0.143 e. The van der Waals surface area contributed by atoms with E-state index in [1.807, 2.05) is 0 Å².